The van der Waals surface area contributed by atoms with E-state index < -0.39 is 11.1 Å². The lowest BCUT2D eigenvalue weighted by Gasteiger charge is -2.18. The van der Waals surface area contributed by atoms with Crippen molar-refractivity contribution in [2.45, 2.75) is 12.8 Å². The zero-order chi connectivity index (χ0) is 18.1. The van der Waals surface area contributed by atoms with Crippen molar-refractivity contribution in [3.63, 3.8) is 0 Å². The third kappa shape index (κ3) is 3.86. The number of hydrogen-bond acceptors (Lipinski definition) is 5. The Labute approximate surface area is 161 Å². The molecule has 2 saturated heterocycles. The highest BCUT2D eigenvalue weighted by molar-refractivity contribution is 9.10. The van der Waals surface area contributed by atoms with Crippen molar-refractivity contribution in [1.29, 1.82) is 0 Å². The normalized spacial score (nSPS) is 19.4. The number of phenolic OH excluding ortho intramolecular Hbond substituents is 1. The third-order valence-electron chi connectivity index (χ3n) is 3.97. The minimum atomic E-state index is -0.543. The van der Waals surface area contributed by atoms with E-state index in [0.717, 1.165) is 29.5 Å². The van der Waals surface area contributed by atoms with E-state index in [1.54, 1.807) is 4.90 Å². The van der Waals surface area contributed by atoms with Crippen LogP contribution in [-0.2, 0) is 9.59 Å². The molecule has 0 aromatic heterocycles. The van der Waals surface area contributed by atoms with E-state index in [0.29, 0.717) is 28.1 Å². The molecule has 3 rings (SSSR count). The molecule has 25 heavy (non-hydrogen) atoms. The van der Waals surface area contributed by atoms with E-state index in [4.69, 9.17) is 11.6 Å². The zero-order valence-corrected chi connectivity index (χ0v) is 16.2. The molecule has 0 atom stereocenters. The van der Waals surface area contributed by atoms with Gasteiger partial charge in [-0.1, -0.05) is 11.6 Å². The van der Waals surface area contributed by atoms with Crippen LogP contribution in [-0.4, -0.2) is 51.6 Å². The van der Waals surface area contributed by atoms with Crippen molar-refractivity contribution in [2.24, 2.45) is 0 Å². The number of aromatic hydroxyl groups is 1. The van der Waals surface area contributed by atoms with Gasteiger partial charge in [0.1, 0.15) is 12.3 Å². The monoisotopic (exact) mass is 444 g/mol. The molecule has 3 amide bonds. The number of phenols is 1. The molecule has 0 bridgehead atoms. The summed E-state index contributed by atoms with van der Waals surface area (Å²) >= 11 is 9.87. The van der Waals surface area contributed by atoms with Crippen LogP contribution in [0.1, 0.15) is 18.4 Å². The van der Waals surface area contributed by atoms with E-state index in [1.807, 2.05) is 0 Å². The van der Waals surface area contributed by atoms with Crippen molar-refractivity contribution in [2.75, 3.05) is 19.6 Å². The van der Waals surface area contributed by atoms with Crippen molar-refractivity contribution in [3.05, 3.63) is 32.1 Å². The first-order valence-corrected chi connectivity index (χ1v) is 9.56. The zero-order valence-electron chi connectivity index (χ0n) is 13.0. The van der Waals surface area contributed by atoms with Crippen LogP contribution in [0.3, 0.4) is 0 Å². The number of nitrogens with zero attached hydrogens (tertiary/aromatic N) is 2. The largest absolute Gasteiger partial charge is 0.506 e. The summed E-state index contributed by atoms with van der Waals surface area (Å²) in [5.41, 5.74) is 0.316. The Hall–Kier alpha value is -1.51. The number of imide groups is 1. The number of thioether (sulfide) groups is 1. The maximum absolute atomic E-state index is 12.5. The lowest BCUT2D eigenvalue weighted by molar-refractivity contribution is -0.135. The fourth-order valence-electron chi connectivity index (χ4n) is 2.68. The summed E-state index contributed by atoms with van der Waals surface area (Å²) in [5.74, 6) is -0.850. The summed E-state index contributed by atoms with van der Waals surface area (Å²) in [7, 11) is 0. The van der Waals surface area contributed by atoms with Crippen LogP contribution in [0.4, 0.5) is 4.79 Å². The van der Waals surface area contributed by atoms with Crippen LogP contribution in [0.25, 0.3) is 6.08 Å². The molecule has 132 valence electrons. The predicted octanol–water partition coefficient (Wildman–Crippen LogP) is 3.47. The number of carbonyl (C=O) groups excluding carboxylic acids is 3. The predicted molar refractivity (Wildman–Crippen MR) is 99.3 cm³/mol. The number of amides is 3. The molecule has 0 radical (unpaired) electrons. The Balaban J connectivity index is 1.80. The topological polar surface area (TPSA) is 77.9 Å². The summed E-state index contributed by atoms with van der Waals surface area (Å²) in [6.45, 7) is 1.07. The fourth-order valence-corrected chi connectivity index (χ4v) is 4.34. The van der Waals surface area contributed by atoms with Crippen molar-refractivity contribution in [1.82, 2.24) is 9.80 Å². The number of hydrogen-bond donors (Lipinski definition) is 1. The van der Waals surface area contributed by atoms with Gasteiger partial charge in [0.15, 0.2) is 0 Å². The molecule has 2 aliphatic heterocycles. The van der Waals surface area contributed by atoms with Gasteiger partial charge in [0, 0.05) is 23.7 Å². The lowest BCUT2D eigenvalue weighted by Crippen LogP contribution is -2.40. The summed E-state index contributed by atoms with van der Waals surface area (Å²) in [6.07, 6.45) is 3.28. The SMILES string of the molecule is O=C(CN1C(=O)S/C(=C/c2cc(Cl)cc(Br)c2O)C1=O)N1CCCC1. The number of rotatable bonds is 3. The van der Waals surface area contributed by atoms with Gasteiger partial charge in [-0.2, -0.15) is 0 Å². The van der Waals surface area contributed by atoms with Gasteiger partial charge in [-0.3, -0.25) is 19.3 Å². The van der Waals surface area contributed by atoms with Gasteiger partial charge in [0.25, 0.3) is 11.1 Å². The first-order chi connectivity index (χ1) is 11.9. The Morgan fingerprint density at radius 2 is 2.00 bits per heavy atom. The molecule has 0 saturated carbocycles. The van der Waals surface area contributed by atoms with Gasteiger partial charge < -0.3 is 10.0 Å². The van der Waals surface area contributed by atoms with E-state index in [9.17, 15) is 19.5 Å². The van der Waals surface area contributed by atoms with E-state index >= 15 is 0 Å². The summed E-state index contributed by atoms with van der Waals surface area (Å²) < 4.78 is 0.384. The molecule has 0 aliphatic carbocycles. The first kappa shape index (κ1) is 18.3. The molecular formula is C16H14BrClN2O4S. The van der Waals surface area contributed by atoms with Crippen molar-refractivity contribution in [3.8, 4) is 5.75 Å². The second-order valence-corrected chi connectivity index (χ2v) is 7.97. The second kappa shape index (κ2) is 7.39. The lowest BCUT2D eigenvalue weighted by atomic mass is 10.2. The quantitative estimate of drug-likeness (QED) is 0.721. The van der Waals surface area contributed by atoms with E-state index in [-0.39, 0.29) is 23.1 Å². The highest BCUT2D eigenvalue weighted by Crippen LogP contribution is 2.37. The van der Waals surface area contributed by atoms with Gasteiger partial charge >= 0.3 is 0 Å². The molecule has 1 aromatic rings. The van der Waals surface area contributed by atoms with Crippen molar-refractivity contribution >= 4 is 62.4 Å². The maximum Gasteiger partial charge on any atom is 0.294 e. The molecule has 2 aliphatic rings. The molecule has 9 heteroatoms. The Morgan fingerprint density at radius 3 is 2.68 bits per heavy atom. The number of halogens is 2. The van der Waals surface area contributed by atoms with Crippen LogP contribution in [0.5, 0.6) is 5.75 Å². The highest BCUT2D eigenvalue weighted by atomic mass is 79.9. The van der Waals surface area contributed by atoms with Crippen LogP contribution in [0, 0.1) is 0 Å². The van der Waals surface area contributed by atoms with Crippen LogP contribution in [0.2, 0.25) is 5.02 Å². The molecule has 0 unspecified atom stereocenters. The van der Waals surface area contributed by atoms with Crippen LogP contribution >= 0.6 is 39.3 Å². The summed E-state index contributed by atoms with van der Waals surface area (Å²) in [4.78, 5) is 39.5. The van der Waals surface area contributed by atoms with Crippen LogP contribution < -0.4 is 0 Å². The van der Waals surface area contributed by atoms with E-state index in [1.165, 1.54) is 18.2 Å². The maximum atomic E-state index is 12.5. The third-order valence-corrected chi connectivity index (χ3v) is 5.70. The molecule has 1 N–H and O–H groups in total. The van der Waals surface area contributed by atoms with Gasteiger partial charge in [0.05, 0.1) is 9.38 Å². The first-order valence-electron chi connectivity index (χ1n) is 7.58. The van der Waals surface area contributed by atoms with Crippen molar-refractivity contribution < 1.29 is 19.5 Å². The number of carbonyl (C=O) groups is 3. The standard InChI is InChI=1S/C16H14BrClN2O4S/c17-11-7-10(18)5-9(14(11)22)6-12-15(23)20(16(24)25-12)8-13(21)19-3-1-2-4-19/h5-7,22H,1-4,8H2/b12-6+. The molecule has 2 heterocycles. The second-order valence-electron chi connectivity index (χ2n) is 5.68. The minimum Gasteiger partial charge on any atom is -0.506 e. The molecule has 1 aromatic carbocycles. The average Bonchev–Trinajstić information content (AvgIpc) is 3.17. The van der Waals surface area contributed by atoms with Gasteiger partial charge in [-0.05, 0) is 58.7 Å². The Kier molecular flexibility index (Phi) is 5.41. The van der Waals surface area contributed by atoms with Gasteiger partial charge in [-0.15, -0.1) is 0 Å². The van der Waals surface area contributed by atoms with E-state index in [2.05, 4.69) is 15.9 Å². The smallest absolute Gasteiger partial charge is 0.294 e. The summed E-state index contributed by atoms with van der Waals surface area (Å²) in [5, 5.41) is 9.94. The van der Waals surface area contributed by atoms with Crippen LogP contribution in [0.15, 0.2) is 21.5 Å². The number of likely N-dealkylation sites (tertiary alicyclic amines) is 1. The molecule has 0 spiro atoms. The summed E-state index contributed by atoms with van der Waals surface area (Å²) in [6, 6.07) is 3.01. The molecule has 6 nitrogen and oxygen atoms in total. The van der Waals surface area contributed by atoms with Gasteiger partial charge in [-0.25, -0.2) is 0 Å². The number of benzene rings is 1. The molecular weight excluding hydrogens is 432 g/mol. The highest BCUT2D eigenvalue weighted by Gasteiger charge is 2.37. The molecule has 2 fully saturated rings. The minimum absolute atomic E-state index is 0.0793. The Bertz CT molecular complexity index is 793. The Morgan fingerprint density at radius 1 is 1.32 bits per heavy atom. The van der Waals surface area contributed by atoms with Gasteiger partial charge in [0.2, 0.25) is 5.91 Å². The average molecular weight is 446 g/mol. The fraction of sp³-hybridized carbons (Fsp3) is 0.312.